The monoisotopic (exact) mass is 370 g/mol. The molecule has 0 aliphatic carbocycles. The van der Waals surface area contributed by atoms with Gasteiger partial charge >= 0.3 is 5.69 Å². The first-order chi connectivity index (χ1) is 12.5. The van der Waals surface area contributed by atoms with Gasteiger partial charge in [0, 0.05) is 12.4 Å². The summed E-state index contributed by atoms with van der Waals surface area (Å²) in [6.07, 6.45) is 1.55. The summed E-state index contributed by atoms with van der Waals surface area (Å²) in [6, 6.07) is 5.36. The Labute approximate surface area is 150 Å². The van der Waals surface area contributed by atoms with Crippen LogP contribution in [0.1, 0.15) is 5.69 Å². The van der Waals surface area contributed by atoms with E-state index in [0.29, 0.717) is 10.7 Å². The number of tetrazole rings is 1. The van der Waals surface area contributed by atoms with Crippen molar-refractivity contribution in [1.29, 1.82) is 0 Å². The molecule has 26 heavy (non-hydrogen) atoms. The van der Waals surface area contributed by atoms with Crippen LogP contribution in [0.2, 0.25) is 0 Å². The van der Waals surface area contributed by atoms with Gasteiger partial charge in [-0.05, 0) is 40.9 Å². The van der Waals surface area contributed by atoms with Crippen LogP contribution in [0.4, 0.5) is 5.69 Å². The Bertz CT molecular complexity index is 1150. The summed E-state index contributed by atoms with van der Waals surface area (Å²) < 4.78 is 3.85. The van der Waals surface area contributed by atoms with Crippen molar-refractivity contribution in [3.8, 4) is 5.00 Å². The summed E-state index contributed by atoms with van der Waals surface area (Å²) in [5.41, 5.74) is 1.60. The maximum atomic E-state index is 12.3. The van der Waals surface area contributed by atoms with Gasteiger partial charge in [0.1, 0.15) is 11.5 Å². The summed E-state index contributed by atoms with van der Waals surface area (Å²) >= 11 is 1.36. The molecule has 0 bridgehead atoms. The molecular weight excluding hydrogens is 356 g/mol. The average Bonchev–Trinajstić information content (AvgIpc) is 3.30. The minimum absolute atomic E-state index is 0.242. The van der Waals surface area contributed by atoms with Crippen LogP contribution in [0.5, 0.6) is 0 Å². The number of thiophene rings is 1. The van der Waals surface area contributed by atoms with E-state index in [2.05, 4.69) is 25.8 Å². The largest absolute Gasteiger partial charge is 0.369 e. The zero-order chi connectivity index (χ0) is 18.3. The number of carbonyl (C=O) groups excluding carboxylic acids is 1. The first kappa shape index (κ1) is 16.1. The van der Waals surface area contributed by atoms with E-state index < -0.39 is 11.6 Å². The SMILES string of the molecule is Cc1nn(C)c2ncc(NC(=O)Cn3nnn(-c4cccs4)c3=O)cc12. The number of aryl methyl sites for hydroxylation is 2. The second-order valence-electron chi connectivity index (χ2n) is 5.63. The van der Waals surface area contributed by atoms with Crippen LogP contribution in [-0.2, 0) is 18.4 Å². The van der Waals surface area contributed by atoms with E-state index in [1.54, 1.807) is 23.0 Å². The predicted octanol–water partition coefficient (Wildman–Crippen LogP) is 0.719. The number of nitrogens with zero attached hydrogens (tertiary/aromatic N) is 7. The summed E-state index contributed by atoms with van der Waals surface area (Å²) in [5.74, 6) is -0.395. The van der Waals surface area contributed by atoms with Crippen LogP contribution in [-0.4, -0.2) is 40.5 Å². The molecule has 0 saturated carbocycles. The zero-order valence-electron chi connectivity index (χ0n) is 13.9. The molecule has 4 aromatic heterocycles. The highest BCUT2D eigenvalue weighted by Gasteiger charge is 2.14. The second kappa shape index (κ2) is 6.19. The molecule has 132 valence electrons. The van der Waals surface area contributed by atoms with Crippen LogP contribution < -0.4 is 11.0 Å². The van der Waals surface area contributed by atoms with Crippen LogP contribution in [0.25, 0.3) is 16.0 Å². The van der Waals surface area contributed by atoms with E-state index in [1.807, 2.05) is 25.4 Å². The third-order valence-electron chi connectivity index (χ3n) is 3.79. The standard InChI is InChI=1S/C15H14N8O2S/c1-9-11-6-10(7-16-14(11)21(2)18-9)17-12(24)8-22-15(25)23(20-19-22)13-4-3-5-26-13/h3-7H,8H2,1-2H3,(H,17,24). The Hall–Kier alpha value is -3.34. The van der Waals surface area contributed by atoms with Gasteiger partial charge in [0.25, 0.3) is 0 Å². The molecule has 0 fully saturated rings. The number of hydrogen-bond acceptors (Lipinski definition) is 7. The highest BCUT2D eigenvalue weighted by molar-refractivity contribution is 7.12. The number of hydrogen-bond donors (Lipinski definition) is 1. The topological polar surface area (TPSA) is 113 Å². The van der Waals surface area contributed by atoms with Crippen LogP contribution in [0, 0.1) is 6.92 Å². The molecule has 1 N–H and O–H groups in total. The molecule has 0 atom stereocenters. The summed E-state index contributed by atoms with van der Waals surface area (Å²) in [4.78, 5) is 28.8. The fourth-order valence-electron chi connectivity index (χ4n) is 2.61. The van der Waals surface area contributed by atoms with E-state index in [9.17, 15) is 9.59 Å². The van der Waals surface area contributed by atoms with Crippen molar-refractivity contribution in [2.45, 2.75) is 13.5 Å². The molecule has 0 saturated heterocycles. The molecule has 0 radical (unpaired) electrons. The maximum Gasteiger partial charge on any atom is 0.369 e. The van der Waals surface area contributed by atoms with E-state index in [4.69, 9.17) is 0 Å². The van der Waals surface area contributed by atoms with Gasteiger partial charge in [-0.3, -0.25) is 9.48 Å². The van der Waals surface area contributed by atoms with Crippen molar-refractivity contribution in [2.24, 2.45) is 7.05 Å². The first-order valence-electron chi connectivity index (χ1n) is 7.69. The van der Waals surface area contributed by atoms with Crippen molar-refractivity contribution in [3.63, 3.8) is 0 Å². The molecule has 4 rings (SSSR count). The van der Waals surface area contributed by atoms with Gasteiger partial charge in [0.2, 0.25) is 5.91 Å². The molecule has 4 aromatic rings. The molecular formula is C15H14N8O2S. The minimum atomic E-state index is -0.473. The number of anilines is 1. The number of rotatable bonds is 4. The lowest BCUT2D eigenvalue weighted by Crippen LogP contribution is -2.29. The number of fused-ring (bicyclic) bond motifs is 1. The number of carbonyl (C=O) groups is 1. The summed E-state index contributed by atoms with van der Waals surface area (Å²) in [5, 5.41) is 17.9. The van der Waals surface area contributed by atoms with Gasteiger partial charge in [0.05, 0.1) is 17.6 Å². The van der Waals surface area contributed by atoms with E-state index in [-0.39, 0.29) is 6.54 Å². The first-order valence-corrected chi connectivity index (χ1v) is 8.57. The Morgan fingerprint density at radius 2 is 2.19 bits per heavy atom. The van der Waals surface area contributed by atoms with E-state index in [1.165, 1.54) is 11.3 Å². The lowest BCUT2D eigenvalue weighted by atomic mass is 10.2. The van der Waals surface area contributed by atoms with Gasteiger partial charge < -0.3 is 5.32 Å². The third-order valence-corrected chi connectivity index (χ3v) is 4.64. The molecule has 0 spiro atoms. The normalized spacial score (nSPS) is 11.2. The van der Waals surface area contributed by atoms with Crippen LogP contribution in [0.15, 0.2) is 34.6 Å². The lowest BCUT2D eigenvalue weighted by molar-refractivity contribution is -0.117. The Balaban J connectivity index is 1.53. The lowest BCUT2D eigenvalue weighted by Gasteiger charge is -2.04. The molecule has 4 heterocycles. The molecule has 10 nitrogen and oxygen atoms in total. The Morgan fingerprint density at radius 3 is 2.96 bits per heavy atom. The smallest absolute Gasteiger partial charge is 0.323 e. The molecule has 0 aromatic carbocycles. The predicted molar refractivity (Wildman–Crippen MR) is 95.4 cm³/mol. The van der Waals surface area contributed by atoms with Gasteiger partial charge in [-0.2, -0.15) is 14.5 Å². The summed E-state index contributed by atoms with van der Waals surface area (Å²) in [6.45, 7) is 1.63. The third kappa shape index (κ3) is 2.77. The molecule has 0 aliphatic heterocycles. The molecule has 0 unspecified atom stereocenters. The average molecular weight is 370 g/mol. The number of nitrogens with one attached hydrogen (secondary N) is 1. The summed E-state index contributed by atoms with van der Waals surface area (Å²) in [7, 11) is 1.81. The maximum absolute atomic E-state index is 12.3. The molecule has 11 heteroatoms. The highest BCUT2D eigenvalue weighted by atomic mass is 32.1. The van der Waals surface area contributed by atoms with Crippen LogP contribution in [0.3, 0.4) is 0 Å². The van der Waals surface area contributed by atoms with Crippen molar-refractivity contribution in [1.82, 2.24) is 34.6 Å². The fraction of sp³-hybridized carbons (Fsp3) is 0.200. The van der Waals surface area contributed by atoms with Crippen molar-refractivity contribution in [2.75, 3.05) is 5.32 Å². The van der Waals surface area contributed by atoms with Gasteiger partial charge in [0.15, 0.2) is 5.65 Å². The Morgan fingerprint density at radius 1 is 1.35 bits per heavy atom. The van der Waals surface area contributed by atoms with Gasteiger partial charge in [-0.25, -0.2) is 9.78 Å². The number of amides is 1. The van der Waals surface area contributed by atoms with Crippen molar-refractivity contribution >= 4 is 34.0 Å². The van der Waals surface area contributed by atoms with E-state index in [0.717, 1.165) is 26.1 Å². The quantitative estimate of drug-likeness (QED) is 0.566. The van der Waals surface area contributed by atoms with Gasteiger partial charge in [-0.15, -0.1) is 11.3 Å². The van der Waals surface area contributed by atoms with Crippen LogP contribution >= 0.6 is 11.3 Å². The molecule has 0 aliphatic rings. The highest BCUT2D eigenvalue weighted by Crippen LogP contribution is 2.19. The minimum Gasteiger partial charge on any atom is -0.323 e. The van der Waals surface area contributed by atoms with Crippen molar-refractivity contribution < 1.29 is 4.79 Å². The second-order valence-corrected chi connectivity index (χ2v) is 6.56. The Kier molecular flexibility index (Phi) is 3.84. The number of aromatic nitrogens is 7. The van der Waals surface area contributed by atoms with E-state index >= 15 is 0 Å². The number of pyridine rings is 1. The van der Waals surface area contributed by atoms with Crippen molar-refractivity contribution in [3.05, 3.63) is 46.0 Å². The zero-order valence-corrected chi connectivity index (χ0v) is 14.8. The molecule has 1 amide bonds. The van der Waals surface area contributed by atoms with Gasteiger partial charge in [-0.1, -0.05) is 0 Å². The fourth-order valence-corrected chi connectivity index (χ4v) is 3.28.